The fourth-order valence-electron chi connectivity index (χ4n) is 3.17. The largest absolute Gasteiger partial charge is 0.506 e. The van der Waals surface area contributed by atoms with Crippen LogP contribution in [0, 0.1) is 5.92 Å². The van der Waals surface area contributed by atoms with Gasteiger partial charge in [-0.1, -0.05) is 0 Å². The van der Waals surface area contributed by atoms with E-state index in [4.69, 9.17) is 0 Å². The minimum Gasteiger partial charge on any atom is -0.506 e. The molecule has 0 atom stereocenters. The molecule has 0 radical (unpaired) electrons. The van der Waals surface area contributed by atoms with Crippen molar-refractivity contribution in [1.82, 2.24) is 9.62 Å². The first-order valence-corrected chi connectivity index (χ1v) is 9.77. The van der Waals surface area contributed by atoms with E-state index in [0.717, 1.165) is 38.8 Å². The van der Waals surface area contributed by atoms with Crippen molar-refractivity contribution in [3.63, 3.8) is 0 Å². The van der Waals surface area contributed by atoms with Crippen LogP contribution in [0.1, 0.15) is 25.7 Å². The molecule has 132 valence electrons. The van der Waals surface area contributed by atoms with Crippen molar-refractivity contribution in [2.24, 2.45) is 5.92 Å². The van der Waals surface area contributed by atoms with Gasteiger partial charge in [-0.2, -0.15) is 4.31 Å². The maximum atomic E-state index is 12.6. The van der Waals surface area contributed by atoms with Crippen LogP contribution in [0.2, 0.25) is 0 Å². The zero-order chi connectivity index (χ0) is 17.2. The van der Waals surface area contributed by atoms with Gasteiger partial charge in [-0.15, -0.1) is 0 Å². The highest BCUT2D eigenvalue weighted by Crippen LogP contribution is 2.30. The molecule has 2 aliphatic heterocycles. The fourth-order valence-corrected chi connectivity index (χ4v) is 4.72. The predicted molar refractivity (Wildman–Crippen MR) is 90.3 cm³/mol. The van der Waals surface area contributed by atoms with Crippen LogP contribution in [0.4, 0.5) is 5.69 Å². The third-order valence-electron chi connectivity index (χ3n) is 4.64. The summed E-state index contributed by atoms with van der Waals surface area (Å²) in [7, 11) is -3.58. The van der Waals surface area contributed by atoms with Gasteiger partial charge in [0, 0.05) is 19.0 Å². The van der Waals surface area contributed by atoms with Crippen LogP contribution in [0.15, 0.2) is 23.1 Å². The van der Waals surface area contributed by atoms with E-state index in [9.17, 15) is 18.3 Å². The van der Waals surface area contributed by atoms with Crippen LogP contribution < -0.4 is 10.6 Å². The lowest BCUT2D eigenvalue weighted by Gasteiger charge is -2.22. The van der Waals surface area contributed by atoms with Crippen molar-refractivity contribution in [2.75, 3.05) is 31.5 Å². The Morgan fingerprint density at radius 2 is 1.88 bits per heavy atom. The molecule has 1 aromatic carbocycles. The lowest BCUT2D eigenvalue weighted by molar-refractivity contribution is -0.120. The van der Waals surface area contributed by atoms with Crippen LogP contribution in [0.3, 0.4) is 0 Å². The summed E-state index contributed by atoms with van der Waals surface area (Å²) >= 11 is 0. The van der Waals surface area contributed by atoms with E-state index in [1.807, 2.05) is 0 Å². The molecule has 1 amide bonds. The molecule has 2 saturated heterocycles. The molecule has 0 unspecified atom stereocenters. The van der Waals surface area contributed by atoms with Gasteiger partial charge >= 0.3 is 0 Å². The standard InChI is InChI=1S/C16H23N3O4S/c20-15-4-3-13(24(22,23)19-9-1-2-10-19)11-14(15)18-16(21)12-5-7-17-8-6-12/h3-4,11-12,17,20H,1-2,5-10H2,(H,18,21). The van der Waals surface area contributed by atoms with Crippen molar-refractivity contribution < 1.29 is 18.3 Å². The maximum Gasteiger partial charge on any atom is 0.243 e. The van der Waals surface area contributed by atoms with Crippen molar-refractivity contribution in [3.8, 4) is 5.75 Å². The molecule has 2 fully saturated rings. The van der Waals surface area contributed by atoms with E-state index < -0.39 is 10.0 Å². The highest BCUT2D eigenvalue weighted by atomic mass is 32.2. The first-order valence-electron chi connectivity index (χ1n) is 8.33. The Hall–Kier alpha value is -1.64. The number of phenols is 1. The molecule has 2 aliphatic rings. The Bertz CT molecular complexity index is 708. The van der Waals surface area contributed by atoms with Gasteiger partial charge < -0.3 is 15.7 Å². The Morgan fingerprint density at radius 1 is 1.21 bits per heavy atom. The number of benzene rings is 1. The number of piperidine rings is 1. The Morgan fingerprint density at radius 3 is 2.54 bits per heavy atom. The molecule has 0 aliphatic carbocycles. The summed E-state index contributed by atoms with van der Waals surface area (Å²) in [5.41, 5.74) is 0.152. The number of hydrogen-bond donors (Lipinski definition) is 3. The maximum absolute atomic E-state index is 12.6. The zero-order valence-electron chi connectivity index (χ0n) is 13.5. The summed E-state index contributed by atoms with van der Waals surface area (Å²) in [4.78, 5) is 12.4. The van der Waals surface area contributed by atoms with Gasteiger partial charge in [0.15, 0.2) is 0 Å². The number of rotatable bonds is 4. The SMILES string of the molecule is O=C(Nc1cc(S(=O)(=O)N2CCCC2)ccc1O)C1CCNCC1. The summed E-state index contributed by atoms with van der Waals surface area (Å²) in [6.07, 6.45) is 3.18. The number of nitrogens with one attached hydrogen (secondary N) is 2. The highest BCUT2D eigenvalue weighted by molar-refractivity contribution is 7.89. The van der Waals surface area contributed by atoms with Crippen LogP contribution in [-0.2, 0) is 14.8 Å². The van der Waals surface area contributed by atoms with E-state index >= 15 is 0 Å². The van der Waals surface area contributed by atoms with Gasteiger partial charge in [-0.05, 0) is 57.0 Å². The summed E-state index contributed by atoms with van der Waals surface area (Å²) in [6.45, 7) is 2.60. The number of carbonyl (C=O) groups is 1. The van der Waals surface area contributed by atoms with Crippen molar-refractivity contribution in [3.05, 3.63) is 18.2 Å². The number of amides is 1. The van der Waals surface area contributed by atoms with Gasteiger partial charge in [0.2, 0.25) is 15.9 Å². The van der Waals surface area contributed by atoms with E-state index in [1.54, 1.807) is 0 Å². The predicted octanol–water partition coefficient (Wildman–Crippen LogP) is 1.11. The average Bonchev–Trinajstić information content (AvgIpc) is 3.13. The Labute approximate surface area is 142 Å². The quantitative estimate of drug-likeness (QED) is 0.705. The Balaban J connectivity index is 1.79. The second kappa shape index (κ2) is 7.08. The number of sulfonamides is 1. The molecule has 2 heterocycles. The number of nitrogens with zero attached hydrogens (tertiary/aromatic N) is 1. The summed E-state index contributed by atoms with van der Waals surface area (Å²) < 4.78 is 26.7. The minimum absolute atomic E-state index is 0.0998. The van der Waals surface area contributed by atoms with Gasteiger partial charge in [0.1, 0.15) is 5.75 Å². The molecule has 1 aromatic rings. The number of anilines is 1. The minimum atomic E-state index is -3.58. The Kier molecular flexibility index (Phi) is 5.07. The van der Waals surface area contributed by atoms with E-state index in [0.29, 0.717) is 13.1 Å². The molecular formula is C16H23N3O4S. The smallest absolute Gasteiger partial charge is 0.243 e. The van der Waals surface area contributed by atoms with Crippen molar-refractivity contribution >= 4 is 21.6 Å². The zero-order valence-corrected chi connectivity index (χ0v) is 14.3. The van der Waals surface area contributed by atoms with Crippen LogP contribution in [-0.4, -0.2) is 49.9 Å². The first kappa shape index (κ1) is 17.2. The normalized spacial score (nSPS) is 20.2. The summed E-state index contributed by atoms with van der Waals surface area (Å²) in [6, 6.07) is 4.05. The van der Waals surface area contributed by atoms with E-state index in [2.05, 4.69) is 10.6 Å². The lowest BCUT2D eigenvalue weighted by Crippen LogP contribution is -2.34. The van der Waals surface area contributed by atoms with Crippen molar-refractivity contribution in [1.29, 1.82) is 0 Å². The molecular weight excluding hydrogens is 330 g/mol. The topological polar surface area (TPSA) is 98.7 Å². The van der Waals surface area contributed by atoms with E-state index in [-0.39, 0.29) is 28.2 Å². The molecule has 3 rings (SSSR count). The van der Waals surface area contributed by atoms with E-state index in [1.165, 1.54) is 22.5 Å². The lowest BCUT2D eigenvalue weighted by atomic mass is 9.97. The van der Waals surface area contributed by atoms with Gasteiger partial charge in [0.05, 0.1) is 10.6 Å². The molecule has 0 spiro atoms. The molecule has 0 bridgehead atoms. The molecule has 7 nitrogen and oxygen atoms in total. The number of hydrogen-bond acceptors (Lipinski definition) is 5. The molecule has 0 saturated carbocycles. The van der Waals surface area contributed by atoms with Gasteiger partial charge in [-0.3, -0.25) is 4.79 Å². The van der Waals surface area contributed by atoms with Gasteiger partial charge in [-0.25, -0.2) is 8.42 Å². The fraction of sp³-hybridized carbons (Fsp3) is 0.562. The summed E-state index contributed by atoms with van der Waals surface area (Å²) in [5.74, 6) is -0.426. The van der Waals surface area contributed by atoms with Gasteiger partial charge in [0.25, 0.3) is 0 Å². The number of phenolic OH excluding ortho intramolecular Hbond substituents is 1. The third-order valence-corrected chi connectivity index (χ3v) is 6.53. The van der Waals surface area contributed by atoms with Crippen molar-refractivity contribution in [2.45, 2.75) is 30.6 Å². The number of carbonyl (C=O) groups excluding carboxylic acids is 1. The second-order valence-electron chi connectivity index (χ2n) is 6.30. The monoisotopic (exact) mass is 353 g/mol. The third kappa shape index (κ3) is 3.55. The molecule has 24 heavy (non-hydrogen) atoms. The van der Waals surface area contributed by atoms with Crippen LogP contribution in [0.25, 0.3) is 0 Å². The second-order valence-corrected chi connectivity index (χ2v) is 8.24. The molecule has 0 aromatic heterocycles. The molecule has 3 N–H and O–H groups in total. The van der Waals surface area contributed by atoms with Crippen LogP contribution in [0.5, 0.6) is 5.75 Å². The molecule has 8 heteroatoms. The van der Waals surface area contributed by atoms with Crippen LogP contribution >= 0.6 is 0 Å². The average molecular weight is 353 g/mol. The highest BCUT2D eigenvalue weighted by Gasteiger charge is 2.28. The summed E-state index contributed by atoms with van der Waals surface area (Å²) in [5, 5.41) is 15.9. The number of aromatic hydroxyl groups is 1. The first-order chi connectivity index (χ1) is 11.5.